The normalized spacial score (nSPS) is 13.7. The monoisotopic (exact) mass is 636 g/mol. The van der Waals surface area contributed by atoms with Crippen LogP contribution in [0, 0.1) is 0 Å². The van der Waals surface area contributed by atoms with E-state index in [0.29, 0.717) is 13.2 Å². The van der Waals surface area contributed by atoms with Gasteiger partial charge >= 0.3 is 0 Å². The molecule has 0 saturated carbocycles. The summed E-state index contributed by atoms with van der Waals surface area (Å²) in [6.07, 6.45) is 0. The Hall–Kier alpha value is -4.38. The van der Waals surface area contributed by atoms with Crippen LogP contribution in [0.2, 0.25) is 0 Å². The molecule has 6 aromatic rings. The topological polar surface area (TPSA) is 18.5 Å². The predicted octanol–water partition coefficient (Wildman–Crippen LogP) is 11.4. The highest BCUT2D eigenvalue weighted by atomic mass is 32.2. The van der Waals surface area contributed by atoms with E-state index in [9.17, 15) is 0 Å². The van der Waals surface area contributed by atoms with Crippen LogP contribution in [-0.4, -0.2) is 0 Å². The van der Waals surface area contributed by atoms with Crippen LogP contribution >= 0.6 is 23.5 Å². The molecule has 12 rings (SSSR count). The Kier molecular flexibility index (Phi) is 9.75. The number of fused-ring (bicyclic) bond motifs is 5. The average Bonchev–Trinajstić information content (AvgIpc) is 3.12. The van der Waals surface area contributed by atoms with E-state index in [1.54, 1.807) is 0 Å². The molecule has 46 heavy (non-hydrogen) atoms. The number of thioether (sulfide) groups is 2. The summed E-state index contributed by atoms with van der Waals surface area (Å²) in [7, 11) is 0. The summed E-state index contributed by atoms with van der Waals surface area (Å²) in [5, 5.41) is 0. The number of benzene rings is 6. The maximum atomic E-state index is 6.12. The maximum Gasteiger partial charge on any atom is 0.119 e. The van der Waals surface area contributed by atoms with Crippen molar-refractivity contribution in [1.82, 2.24) is 0 Å². The van der Waals surface area contributed by atoms with Gasteiger partial charge in [-0.3, -0.25) is 0 Å². The minimum Gasteiger partial charge on any atom is -0.489 e. The molecule has 0 unspecified atom stereocenters. The van der Waals surface area contributed by atoms with Crippen molar-refractivity contribution in [3.05, 3.63) is 179 Å². The molecule has 2 nitrogen and oxygen atoms in total. The smallest absolute Gasteiger partial charge is 0.119 e. The molecule has 12 bridgehead atoms. The lowest BCUT2D eigenvalue weighted by Gasteiger charge is -2.10. The first-order chi connectivity index (χ1) is 22.7. The number of hydrogen-bond donors (Lipinski definition) is 0. The number of ether oxygens (including phenoxy) is 2. The summed E-state index contributed by atoms with van der Waals surface area (Å²) in [6.45, 7) is 1.09. The van der Waals surface area contributed by atoms with Crippen molar-refractivity contribution in [3.63, 3.8) is 0 Å². The number of rotatable bonds is 0. The van der Waals surface area contributed by atoms with Crippen molar-refractivity contribution < 1.29 is 9.47 Å². The van der Waals surface area contributed by atoms with Gasteiger partial charge in [0, 0.05) is 23.0 Å². The largest absolute Gasteiger partial charge is 0.489 e. The first-order valence-electron chi connectivity index (χ1n) is 15.7. The van der Waals surface area contributed by atoms with Gasteiger partial charge in [0.15, 0.2) is 0 Å². The molecule has 6 aliphatic rings. The van der Waals surface area contributed by atoms with Crippen molar-refractivity contribution in [1.29, 1.82) is 0 Å². The van der Waals surface area contributed by atoms with E-state index >= 15 is 0 Å². The zero-order valence-electron chi connectivity index (χ0n) is 25.7. The molecule has 0 atom stereocenters. The van der Waals surface area contributed by atoms with Crippen LogP contribution < -0.4 is 9.47 Å². The lowest BCUT2D eigenvalue weighted by atomic mass is 9.98. The van der Waals surface area contributed by atoms with Gasteiger partial charge in [-0.05, 0) is 86.0 Å². The highest BCUT2D eigenvalue weighted by Gasteiger charge is 2.06. The van der Waals surface area contributed by atoms with Crippen molar-refractivity contribution in [2.45, 2.75) is 36.2 Å². The highest BCUT2D eigenvalue weighted by Crippen LogP contribution is 2.28. The molecule has 0 aliphatic carbocycles. The molecule has 4 heteroatoms. The van der Waals surface area contributed by atoms with Crippen molar-refractivity contribution >= 4 is 23.5 Å². The summed E-state index contributed by atoms with van der Waals surface area (Å²) < 4.78 is 12.2. The summed E-state index contributed by atoms with van der Waals surface area (Å²) in [5.74, 6) is 5.77. The lowest BCUT2D eigenvalue weighted by molar-refractivity contribution is 0.306. The van der Waals surface area contributed by atoms with Gasteiger partial charge in [0.1, 0.15) is 24.7 Å². The second kappa shape index (κ2) is 14.8. The Labute approximate surface area is 280 Å². The lowest BCUT2D eigenvalue weighted by Crippen LogP contribution is -1.96. The molecule has 0 fully saturated rings. The second-order valence-electron chi connectivity index (χ2n) is 11.6. The van der Waals surface area contributed by atoms with Gasteiger partial charge in [-0.2, -0.15) is 23.5 Å². The van der Waals surface area contributed by atoms with Gasteiger partial charge in [0.2, 0.25) is 0 Å². The molecule has 0 saturated heterocycles. The zero-order chi connectivity index (χ0) is 31.0. The summed E-state index contributed by atoms with van der Waals surface area (Å²) >= 11 is 3.89. The molecule has 6 aromatic carbocycles. The first kappa shape index (κ1) is 30.3. The van der Waals surface area contributed by atoms with Gasteiger partial charge in [0.25, 0.3) is 0 Å². The van der Waals surface area contributed by atoms with Gasteiger partial charge in [-0.25, -0.2) is 0 Å². The Bertz CT molecular complexity index is 1710. The molecule has 0 amide bonds. The standard InChI is InChI=1S/C42H36O2S2/c1-2-39-24-40(3-1)38-18-10-32(11-19-38)26-44-42-22-14-36(15-23-42)30-46-28-34-6-4-33(5-7-34)27-45-29-35-12-20-41(21-13-35)43-25-31-8-16-37(39)17-9-31/h1-24H,25-30H2. The van der Waals surface area contributed by atoms with E-state index in [0.717, 1.165) is 45.6 Å². The third-order valence-corrected chi connectivity index (χ3v) is 10.3. The molecule has 6 aliphatic heterocycles. The van der Waals surface area contributed by atoms with Gasteiger partial charge in [-0.15, -0.1) is 0 Å². The minimum atomic E-state index is 0.546. The van der Waals surface area contributed by atoms with Crippen molar-refractivity contribution in [2.75, 3.05) is 0 Å². The summed E-state index contributed by atoms with van der Waals surface area (Å²) in [6, 6.07) is 52.2. The number of hydrogen-bond acceptors (Lipinski definition) is 4. The van der Waals surface area contributed by atoms with Crippen LogP contribution in [0.5, 0.6) is 11.5 Å². The minimum absolute atomic E-state index is 0.546. The highest BCUT2D eigenvalue weighted by molar-refractivity contribution is 7.98. The van der Waals surface area contributed by atoms with Crippen LogP contribution in [-0.2, 0) is 36.2 Å². The van der Waals surface area contributed by atoms with Crippen LogP contribution in [0.25, 0.3) is 22.3 Å². The molecule has 6 heterocycles. The van der Waals surface area contributed by atoms with Gasteiger partial charge < -0.3 is 9.47 Å². The Balaban J connectivity index is 1.07. The summed E-state index contributed by atoms with van der Waals surface area (Å²) in [5.41, 5.74) is 12.5. The third kappa shape index (κ3) is 8.06. The Morgan fingerprint density at radius 1 is 0.326 bits per heavy atom. The maximum absolute atomic E-state index is 6.12. The van der Waals surface area contributed by atoms with E-state index in [1.165, 1.54) is 44.5 Å². The zero-order valence-corrected chi connectivity index (χ0v) is 27.4. The van der Waals surface area contributed by atoms with Crippen molar-refractivity contribution in [3.8, 4) is 33.8 Å². The van der Waals surface area contributed by atoms with Crippen LogP contribution in [0.15, 0.2) is 146 Å². The van der Waals surface area contributed by atoms with E-state index in [1.807, 2.05) is 23.5 Å². The van der Waals surface area contributed by atoms with Crippen molar-refractivity contribution in [2.24, 2.45) is 0 Å². The Morgan fingerprint density at radius 3 is 1.02 bits per heavy atom. The molecule has 228 valence electrons. The SMILES string of the molecule is c1cc2cc(c1)-c1ccc(cc1)COc1ccc(cc1)CSCc1ccc(cc1)CSCc1ccc(cc1)OCc1ccc-2cc1. The molecular weight excluding hydrogens is 601 g/mol. The fourth-order valence-corrected chi connectivity index (χ4v) is 7.38. The second-order valence-corrected chi connectivity index (χ2v) is 13.6. The molecule has 0 aromatic heterocycles. The predicted molar refractivity (Wildman–Crippen MR) is 195 cm³/mol. The van der Waals surface area contributed by atoms with E-state index in [4.69, 9.17) is 9.47 Å². The van der Waals surface area contributed by atoms with Crippen LogP contribution in [0.4, 0.5) is 0 Å². The van der Waals surface area contributed by atoms with E-state index in [2.05, 4.69) is 146 Å². The fourth-order valence-electron chi connectivity index (χ4n) is 5.47. The van der Waals surface area contributed by atoms with Crippen LogP contribution in [0.3, 0.4) is 0 Å². The average molecular weight is 637 g/mol. The Morgan fingerprint density at radius 2 is 0.652 bits per heavy atom. The van der Waals surface area contributed by atoms with Gasteiger partial charge in [-0.1, -0.05) is 115 Å². The van der Waals surface area contributed by atoms with Crippen LogP contribution in [0.1, 0.15) is 33.4 Å². The summed E-state index contributed by atoms with van der Waals surface area (Å²) in [4.78, 5) is 0. The molecular formula is C42H36O2S2. The molecule has 0 N–H and O–H groups in total. The quantitative estimate of drug-likeness (QED) is 0.165. The molecule has 0 spiro atoms. The van der Waals surface area contributed by atoms with E-state index < -0.39 is 0 Å². The third-order valence-electron chi connectivity index (χ3n) is 8.19. The molecule has 0 radical (unpaired) electrons. The fraction of sp³-hybridized carbons (Fsp3) is 0.143. The first-order valence-corrected chi connectivity index (χ1v) is 18.0. The van der Waals surface area contributed by atoms with E-state index in [-0.39, 0.29) is 0 Å². The van der Waals surface area contributed by atoms with Gasteiger partial charge in [0.05, 0.1) is 0 Å².